The number of para-hydroxylation sites is 1. The monoisotopic (exact) mass is 282 g/mol. The fourth-order valence-corrected chi connectivity index (χ4v) is 2.56. The van der Waals surface area contributed by atoms with Crippen LogP contribution in [0.4, 0.5) is 5.69 Å². The maximum atomic E-state index is 11.0. The molecule has 98 valence electrons. The van der Waals surface area contributed by atoms with Crippen LogP contribution in [0.1, 0.15) is 10.6 Å². The van der Waals surface area contributed by atoms with Crippen molar-refractivity contribution in [3.63, 3.8) is 0 Å². The number of thiophene rings is 1. The topological polar surface area (TPSA) is 56.0 Å². The van der Waals surface area contributed by atoms with Crippen LogP contribution in [0.5, 0.6) is 0 Å². The van der Waals surface area contributed by atoms with Crippen LogP contribution in [-0.2, 0) is 0 Å². The Hall–Kier alpha value is -2.53. The van der Waals surface area contributed by atoms with Gasteiger partial charge in [0.15, 0.2) is 0 Å². The molecular weight excluding hydrogens is 272 g/mol. The first-order valence-electron chi connectivity index (χ1n) is 6.00. The first-order valence-corrected chi connectivity index (χ1v) is 6.88. The summed E-state index contributed by atoms with van der Waals surface area (Å²) in [6, 6.07) is 12.7. The Morgan fingerprint density at radius 1 is 1.10 bits per heavy atom. The van der Waals surface area contributed by atoms with Crippen LogP contribution in [0.15, 0.2) is 47.8 Å². The average molecular weight is 282 g/mol. The molecule has 0 unspecified atom stereocenters. The fourth-order valence-electron chi connectivity index (χ4n) is 1.94. The lowest BCUT2D eigenvalue weighted by Crippen LogP contribution is -1.92. The first kappa shape index (κ1) is 12.5. The van der Waals surface area contributed by atoms with Gasteiger partial charge in [-0.15, -0.1) is 11.3 Å². The molecule has 0 N–H and O–H groups in total. The highest BCUT2D eigenvalue weighted by atomic mass is 32.1. The maximum absolute atomic E-state index is 11.0. The molecule has 0 saturated heterocycles. The molecule has 0 fully saturated rings. The van der Waals surface area contributed by atoms with Gasteiger partial charge in [-0.05, 0) is 29.7 Å². The lowest BCUT2D eigenvalue weighted by atomic mass is 10.1. The Bertz CT molecular complexity index is 795. The van der Waals surface area contributed by atoms with Crippen molar-refractivity contribution in [2.75, 3.05) is 0 Å². The Balaban J connectivity index is 2.05. The number of nitro benzene ring substituents is 1. The van der Waals surface area contributed by atoms with Gasteiger partial charge in [-0.3, -0.25) is 10.1 Å². The number of pyridine rings is 1. The molecule has 4 nitrogen and oxygen atoms in total. The number of rotatable bonds is 3. The van der Waals surface area contributed by atoms with Crippen molar-refractivity contribution in [1.82, 2.24) is 4.98 Å². The lowest BCUT2D eigenvalue weighted by Gasteiger charge is -2.00. The van der Waals surface area contributed by atoms with E-state index in [2.05, 4.69) is 4.98 Å². The van der Waals surface area contributed by atoms with Gasteiger partial charge in [0.1, 0.15) is 5.52 Å². The Morgan fingerprint density at radius 3 is 2.75 bits per heavy atom. The van der Waals surface area contributed by atoms with Gasteiger partial charge in [0, 0.05) is 16.3 Å². The summed E-state index contributed by atoms with van der Waals surface area (Å²) in [6.07, 6.45) is 3.82. The molecular formula is C15H10N2O2S. The van der Waals surface area contributed by atoms with Crippen LogP contribution < -0.4 is 0 Å². The number of hydrogen-bond donors (Lipinski definition) is 0. The summed E-state index contributed by atoms with van der Waals surface area (Å²) in [7, 11) is 0. The second-order valence-corrected chi connectivity index (χ2v) is 5.17. The van der Waals surface area contributed by atoms with Gasteiger partial charge in [0.2, 0.25) is 0 Å². The number of fused-ring (bicyclic) bond motifs is 1. The molecule has 1 aromatic carbocycles. The summed E-state index contributed by atoms with van der Waals surface area (Å²) in [6.45, 7) is 0. The summed E-state index contributed by atoms with van der Waals surface area (Å²) >= 11 is 1.63. The minimum atomic E-state index is -0.401. The fraction of sp³-hybridized carbons (Fsp3) is 0. The minimum absolute atomic E-state index is 0.0360. The molecule has 0 saturated carbocycles. The van der Waals surface area contributed by atoms with Crippen molar-refractivity contribution in [2.24, 2.45) is 0 Å². The van der Waals surface area contributed by atoms with E-state index in [0.717, 1.165) is 10.3 Å². The highest BCUT2D eigenvalue weighted by molar-refractivity contribution is 7.10. The van der Waals surface area contributed by atoms with Gasteiger partial charge >= 0.3 is 0 Å². The molecule has 0 aliphatic rings. The van der Waals surface area contributed by atoms with E-state index in [1.807, 2.05) is 47.9 Å². The van der Waals surface area contributed by atoms with Crippen molar-refractivity contribution < 1.29 is 4.92 Å². The summed E-state index contributed by atoms with van der Waals surface area (Å²) in [5.74, 6) is 0. The molecule has 3 aromatic rings. The van der Waals surface area contributed by atoms with Gasteiger partial charge in [-0.2, -0.15) is 0 Å². The summed E-state index contributed by atoms with van der Waals surface area (Å²) < 4.78 is 0. The van der Waals surface area contributed by atoms with Crippen molar-refractivity contribution in [1.29, 1.82) is 0 Å². The van der Waals surface area contributed by atoms with E-state index < -0.39 is 4.92 Å². The zero-order valence-electron chi connectivity index (χ0n) is 10.4. The minimum Gasteiger partial charge on any atom is -0.258 e. The summed E-state index contributed by atoms with van der Waals surface area (Å²) in [4.78, 5) is 16.1. The SMILES string of the molecule is O=[N+]([O-])c1cccc2ccc(/C=C/c3cccs3)nc12. The third-order valence-electron chi connectivity index (χ3n) is 2.88. The summed E-state index contributed by atoms with van der Waals surface area (Å²) in [5, 5.41) is 13.8. The molecule has 2 heterocycles. The predicted molar refractivity (Wildman–Crippen MR) is 81.6 cm³/mol. The maximum Gasteiger partial charge on any atom is 0.295 e. The third kappa shape index (κ3) is 2.44. The van der Waals surface area contributed by atoms with Crippen LogP contribution in [0, 0.1) is 10.1 Å². The van der Waals surface area contributed by atoms with Gasteiger partial charge < -0.3 is 0 Å². The van der Waals surface area contributed by atoms with E-state index in [0.29, 0.717) is 11.2 Å². The van der Waals surface area contributed by atoms with E-state index in [9.17, 15) is 10.1 Å². The molecule has 3 rings (SSSR count). The van der Waals surface area contributed by atoms with E-state index in [4.69, 9.17) is 0 Å². The number of nitrogens with zero attached hydrogens (tertiary/aromatic N) is 2. The van der Waals surface area contributed by atoms with E-state index in [1.54, 1.807) is 17.4 Å². The van der Waals surface area contributed by atoms with Gasteiger partial charge in [0.05, 0.1) is 10.6 Å². The molecule has 20 heavy (non-hydrogen) atoms. The van der Waals surface area contributed by atoms with E-state index in [-0.39, 0.29) is 5.69 Å². The Labute approximate surface area is 119 Å². The number of non-ortho nitro benzene ring substituents is 1. The van der Waals surface area contributed by atoms with Gasteiger partial charge in [0.25, 0.3) is 5.69 Å². The second kappa shape index (κ2) is 5.22. The van der Waals surface area contributed by atoms with Crippen molar-refractivity contribution in [3.8, 4) is 0 Å². The van der Waals surface area contributed by atoms with Crippen molar-refractivity contribution in [2.45, 2.75) is 0 Å². The molecule has 5 heteroatoms. The van der Waals surface area contributed by atoms with Crippen LogP contribution in [0.25, 0.3) is 23.1 Å². The van der Waals surface area contributed by atoms with Crippen molar-refractivity contribution in [3.05, 3.63) is 68.5 Å². The summed E-state index contributed by atoms with van der Waals surface area (Å²) in [5.41, 5.74) is 1.17. The molecule has 0 bridgehead atoms. The number of aromatic nitrogens is 1. The van der Waals surface area contributed by atoms with E-state index >= 15 is 0 Å². The van der Waals surface area contributed by atoms with Gasteiger partial charge in [-0.1, -0.05) is 24.3 Å². The Morgan fingerprint density at radius 2 is 2.00 bits per heavy atom. The molecule has 0 aliphatic carbocycles. The van der Waals surface area contributed by atoms with Crippen LogP contribution in [0.3, 0.4) is 0 Å². The lowest BCUT2D eigenvalue weighted by molar-refractivity contribution is -0.383. The zero-order chi connectivity index (χ0) is 13.9. The van der Waals surface area contributed by atoms with Gasteiger partial charge in [-0.25, -0.2) is 4.98 Å². The molecule has 0 radical (unpaired) electrons. The van der Waals surface area contributed by atoms with Crippen molar-refractivity contribution >= 4 is 40.1 Å². The standard InChI is InChI=1S/C15H10N2O2S/c18-17(19)14-5-1-3-11-6-7-12(16-15(11)14)8-9-13-4-2-10-20-13/h1-10H/b9-8+. The van der Waals surface area contributed by atoms with Crippen LogP contribution >= 0.6 is 11.3 Å². The smallest absolute Gasteiger partial charge is 0.258 e. The molecule has 0 spiro atoms. The highest BCUT2D eigenvalue weighted by Gasteiger charge is 2.12. The third-order valence-corrected chi connectivity index (χ3v) is 3.72. The normalized spacial score (nSPS) is 11.2. The largest absolute Gasteiger partial charge is 0.295 e. The number of nitro groups is 1. The molecule has 0 amide bonds. The molecule has 2 aromatic heterocycles. The van der Waals surface area contributed by atoms with Crippen LogP contribution in [-0.4, -0.2) is 9.91 Å². The predicted octanol–water partition coefficient (Wildman–Crippen LogP) is 4.37. The first-order chi connectivity index (χ1) is 9.74. The number of hydrogen-bond acceptors (Lipinski definition) is 4. The number of benzene rings is 1. The van der Waals surface area contributed by atoms with Crippen LogP contribution in [0.2, 0.25) is 0 Å². The zero-order valence-corrected chi connectivity index (χ0v) is 11.2. The quantitative estimate of drug-likeness (QED) is 0.529. The van der Waals surface area contributed by atoms with E-state index in [1.165, 1.54) is 6.07 Å². The Kier molecular flexibility index (Phi) is 3.26. The highest BCUT2D eigenvalue weighted by Crippen LogP contribution is 2.24. The molecule has 0 aliphatic heterocycles. The molecule has 0 atom stereocenters. The second-order valence-electron chi connectivity index (χ2n) is 4.19. The average Bonchev–Trinajstić information content (AvgIpc) is 2.97.